The Kier molecular flexibility index (Phi) is 7.71. The molecular weight excluding hydrogens is 382 g/mol. The predicted octanol–water partition coefficient (Wildman–Crippen LogP) is 3.45. The van der Waals surface area contributed by atoms with Crippen LogP contribution in [0, 0.1) is 31.1 Å². The number of carbonyl (C=O) groups is 2. The van der Waals surface area contributed by atoms with Crippen LogP contribution in [-0.4, -0.2) is 37.8 Å². The molecule has 0 spiro atoms. The van der Waals surface area contributed by atoms with Crippen LogP contribution in [0.5, 0.6) is 5.75 Å². The molecule has 0 atom stereocenters. The predicted molar refractivity (Wildman–Crippen MR) is 114 cm³/mol. The second kappa shape index (κ2) is 10.0. The minimum absolute atomic E-state index is 0.0327. The van der Waals surface area contributed by atoms with E-state index in [4.69, 9.17) is 14.2 Å². The molecule has 6 heteroatoms. The number of benzene rings is 1. The van der Waals surface area contributed by atoms with Gasteiger partial charge in [-0.3, -0.25) is 9.59 Å². The van der Waals surface area contributed by atoms with Gasteiger partial charge in [-0.25, -0.2) is 0 Å². The summed E-state index contributed by atoms with van der Waals surface area (Å²) in [6, 6.07) is 7.87. The summed E-state index contributed by atoms with van der Waals surface area (Å²) in [4.78, 5) is 25.4. The fourth-order valence-corrected chi connectivity index (χ4v) is 3.49. The molecule has 0 saturated carbocycles. The molecule has 30 heavy (non-hydrogen) atoms. The molecule has 0 saturated heterocycles. The second-order valence-electron chi connectivity index (χ2n) is 7.19. The maximum Gasteiger partial charge on any atom is 0.324 e. The lowest BCUT2D eigenvalue weighted by Crippen LogP contribution is -2.43. The normalized spacial score (nSPS) is 10.7. The Bertz CT molecular complexity index is 944. The summed E-state index contributed by atoms with van der Waals surface area (Å²) >= 11 is 0. The van der Waals surface area contributed by atoms with Gasteiger partial charge in [-0.15, -0.1) is 11.8 Å². The number of hydrogen-bond donors (Lipinski definition) is 0. The van der Waals surface area contributed by atoms with Crippen LogP contribution in [0.2, 0.25) is 0 Å². The highest BCUT2D eigenvalue weighted by atomic mass is 16.5. The minimum Gasteiger partial charge on any atom is -0.497 e. The lowest BCUT2D eigenvalue weighted by Gasteiger charge is -2.26. The van der Waals surface area contributed by atoms with E-state index < -0.39 is 17.4 Å². The van der Waals surface area contributed by atoms with E-state index in [1.165, 1.54) is 14.2 Å². The van der Waals surface area contributed by atoms with E-state index in [9.17, 15) is 9.59 Å². The molecule has 0 aliphatic rings. The molecule has 0 radical (unpaired) electrons. The van der Waals surface area contributed by atoms with E-state index in [0.717, 1.165) is 28.1 Å². The SMILES string of the molecule is CC#CCC(Cc1cn(Cc2ccc(OC)cc2)c(C)c1C)(C(=O)OC)C(=O)OC. The highest BCUT2D eigenvalue weighted by Gasteiger charge is 2.48. The minimum atomic E-state index is -1.50. The number of nitrogens with zero attached hydrogens (tertiary/aromatic N) is 1. The third kappa shape index (κ3) is 4.68. The van der Waals surface area contributed by atoms with E-state index in [2.05, 4.69) is 16.4 Å². The lowest BCUT2D eigenvalue weighted by molar-refractivity contribution is -0.168. The third-order valence-corrected chi connectivity index (χ3v) is 5.49. The van der Waals surface area contributed by atoms with Crippen LogP contribution in [0.1, 0.15) is 35.7 Å². The first-order valence-electron chi connectivity index (χ1n) is 9.67. The first-order valence-corrected chi connectivity index (χ1v) is 9.67. The fourth-order valence-electron chi connectivity index (χ4n) is 3.49. The van der Waals surface area contributed by atoms with Crippen molar-refractivity contribution in [3.05, 3.63) is 52.8 Å². The quantitative estimate of drug-likeness (QED) is 0.378. The van der Waals surface area contributed by atoms with Crippen molar-refractivity contribution in [1.29, 1.82) is 0 Å². The fraction of sp³-hybridized carbons (Fsp3) is 0.417. The Hall–Kier alpha value is -3.20. The van der Waals surface area contributed by atoms with Crippen LogP contribution in [0.25, 0.3) is 0 Å². The maximum atomic E-state index is 12.7. The highest BCUT2D eigenvalue weighted by Crippen LogP contribution is 2.33. The average Bonchev–Trinajstić information content (AvgIpc) is 3.03. The molecular formula is C24H29NO5. The Balaban J connectivity index is 2.42. The lowest BCUT2D eigenvalue weighted by atomic mass is 9.78. The molecule has 0 N–H and O–H groups in total. The molecule has 1 aromatic heterocycles. The number of aromatic nitrogens is 1. The average molecular weight is 411 g/mol. The number of rotatable bonds is 8. The van der Waals surface area contributed by atoms with Crippen molar-refractivity contribution in [3.63, 3.8) is 0 Å². The molecule has 1 heterocycles. The molecule has 0 aliphatic heterocycles. The number of esters is 2. The van der Waals surface area contributed by atoms with E-state index in [1.807, 2.05) is 44.3 Å². The number of carbonyl (C=O) groups excluding carboxylic acids is 2. The third-order valence-electron chi connectivity index (χ3n) is 5.49. The molecule has 0 amide bonds. The molecule has 0 aliphatic carbocycles. The van der Waals surface area contributed by atoms with Crippen LogP contribution in [0.3, 0.4) is 0 Å². The van der Waals surface area contributed by atoms with Crippen molar-refractivity contribution in [2.45, 2.75) is 40.2 Å². The Morgan fingerprint density at radius 1 is 1.03 bits per heavy atom. The molecule has 2 rings (SSSR count). The Morgan fingerprint density at radius 3 is 2.13 bits per heavy atom. The van der Waals surface area contributed by atoms with Gasteiger partial charge in [-0.1, -0.05) is 12.1 Å². The van der Waals surface area contributed by atoms with Gasteiger partial charge in [0.15, 0.2) is 5.41 Å². The van der Waals surface area contributed by atoms with Crippen LogP contribution in [-0.2, 0) is 32.0 Å². The monoisotopic (exact) mass is 411 g/mol. The largest absolute Gasteiger partial charge is 0.497 e. The molecule has 6 nitrogen and oxygen atoms in total. The van der Waals surface area contributed by atoms with Gasteiger partial charge in [0.25, 0.3) is 0 Å². The van der Waals surface area contributed by atoms with Crippen molar-refractivity contribution in [1.82, 2.24) is 4.57 Å². The van der Waals surface area contributed by atoms with Gasteiger partial charge < -0.3 is 18.8 Å². The number of hydrogen-bond acceptors (Lipinski definition) is 5. The smallest absolute Gasteiger partial charge is 0.324 e. The Morgan fingerprint density at radius 2 is 1.63 bits per heavy atom. The van der Waals surface area contributed by atoms with Gasteiger partial charge in [0.1, 0.15) is 5.75 Å². The number of ether oxygens (including phenoxy) is 3. The van der Waals surface area contributed by atoms with Gasteiger partial charge >= 0.3 is 11.9 Å². The molecule has 0 bridgehead atoms. The van der Waals surface area contributed by atoms with Gasteiger partial charge in [0.05, 0.1) is 21.3 Å². The van der Waals surface area contributed by atoms with Gasteiger partial charge in [-0.05, 0) is 49.6 Å². The molecule has 0 fully saturated rings. The number of methoxy groups -OCH3 is 3. The van der Waals surface area contributed by atoms with Gasteiger partial charge in [0.2, 0.25) is 0 Å². The second-order valence-corrected chi connectivity index (χ2v) is 7.19. The first kappa shape index (κ1) is 23.1. The summed E-state index contributed by atoms with van der Waals surface area (Å²) in [5.41, 5.74) is 2.58. The van der Waals surface area contributed by atoms with E-state index >= 15 is 0 Å². The van der Waals surface area contributed by atoms with Crippen molar-refractivity contribution >= 4 is 11.9 Å². The zero-order chi connectivity index (χ0) is 22.3. The topological polar surface area (TPSA) is 66.8 Å². The summed E-state index contributed by atoms with van der Waals surface area (Å²) in [6.07, 6.45) is 2.17. The first-order chi connectivity index (χ1) is 14.3. The van der Waals surface area contributed by atoms with Crippen molar-refractivity contribution < 1.29 is 23.8 Å². The van der Waals surface area contributed by atoms with E-state index in [1.54, 1.807) is 14.0 Å². The van der Waals surface area contributed by atoms with Gasteiger partial charge in [-0.2, -0.15) is 0 Å². The summed E-state index contributed by atoms with van der Waals surface area (Å²) in [7, 11) is 4.18. The Labute approximate surface area is 178 Å². The zero-order valence-corrected chi connectivity index (χ0v) is 18.5. The summed E-state index contributed by atoms with van der Waals surface area (Å²) < 4.78 is 17.3. The molecule has 160 valence electrons. The van der Waals surface area contributed by atoms with Gasteiger partial charge in [0, 0.05) is 31.3 Å². The summed E-state index contributed by atoms with van der Waals surface area (Å²) in [6.45, 7) is 6.33. The standard InChI is InChI=1S/C24H29NO5/c1-7-8-13-24(22(26)29-5,23(27)30-6)14-20-16-25(18(3)17(20)2)15-19-9-11-21(28-4)12-10-19/h9-12,16H,13-15H2,1-6H3. The molecule has 1 aromatic carbocycles. The molecule has 2 aromatic rings. The van der Waals surface area contributed by atoms with Crippen LogP contribution in [0.15, 0.2) is 30.5 Å². The maximum absolute atomic E-state index is 12.7. The van der Waals surface area contributed by atoms with Crippen molar-refractivity contribution in [2.24, 2.45) is 5.41 Å². The summed E-state index contributed by atoms with van der Waals surface area (Å²) in [5.74, 6) is 5.14. The zero-order valence-electron chi connectivity index (χ0n) is 18.5. The van der Waals surface area contributed by atoms with Crippen LogP contribution < -0.4 is 4.74 Å². The van der Waals surface area contributed by atoms with Crippen LogP contribution >= 0.6 is 0 Å². The van der Waals surface area contributed by atoms with E-state index in [0.29, 0.717) is 6.54 Å². The highest BCUT2D eigenvalue weighted by molar-refractivity contribution is 6.00. The van der Waals surface area contributed by atoms with Crippen LogP contribution in [0.4, 0.5) is 0 Å². The van der Waals surface area contributed by atoms with Crippen molar-refractivity contribution in [3.8, 4) is 17.6 Å². The van der Waals surface area contributed by atoms with Crippen molar-refractivity contribution in [2.75, 3.05) is 21.3 Å². The summed E-state index contributed by atoms with van der Waals surface area (Å²) in [5, 5.41) is 0. The van der Waals surface area contributed by atoms with E-state index in [-0.39, 0.29) is 12.8 Å². The molecule has 0 unspecified atom stereocenters.